The fraction of sp³-hybridized carbons (Fsp3) is 0.200. The molecule has 0 saturated heterocycles. The minimum absolute atomic E-state index is 0.246. The van der Waals surface area contributed by atoms with Crippen LogP contribution in [0.5, 0.6) is 0 Å². The highest BCUT2D eigenvalue weighted by molar-refractivity contribution is 5.72. The van der Waals surface area contributed by atoms with Gasteiger partial charge in [0, 0.05) is 12.7 Å². The first-order valence-corrected chi connectivity index (χ1v) is 5.93. The van der Waals surface area contributed by atoms with Crippen molar-refractivity contribution in [2.45, 2.75) is 13.0 Å². The predicted octanol–water partition coefficient (Wildman–Crippen LogP) is 2.12. The molecule has 2 aromatic rings. The van der Waals surface area contributed by atoms with Gasteiger partial charge in [-0.1, -0.05) is 24.3 Å². The van der Waals surface area contributed by atoms with Crippen LogP contribution in [0.15, 0.2) is 42.6 Å². The number of ether oxygens (including phenoxy) is 1. The monoisotopic (exact) mass is 254 g/mol. The van der Waals surface area contributed by atoms with E-state index < -0.39 is 0 Å². The number of methoxy groups -OCH3 is 1. The summed E-state index contributed by atoms with van der Waals surface area (Å²) >= 11 is 0. The van der Waals surface area contributed by atoms with Crippen LogP contribution in [0.1, 0.15) is 16.8 Å². The summed E-state index contributed by atoms with van der Waals surface area (Å²) in [6.07, 6.45) is 2.10. The van der Waals surface area contributed by atoms with Crippen molar-refractivity contribution in [2.24, 2.45) is 0 Å². The zero-order valence-electron chi connectivity index (χ0n) is 10.7. The highest BCUT2D eigenvalue weighted by Gasteiger charge is 2.09. The number of nitriles is 1. The zero-order chi connectivity index (χ0) is 13.7. The van der Waals surface area contributed by atoms with E-state index in [1.54, 1.807) is 6.07 Å². The van der Waals surface area contributed by atoms with Crippen LogP contribution < -0.4 is 0 Å². The van der Waals surface area contributed by atoms with Gasteiger partial charge in [-0.25, -0.2) is 0 Å². The van der Waals surface area contributed by atoms with E-state index in [0.29, 0.717) is 12.2 Å². The topological polar surface area (TPSA) is 55.0 Å². The number of esters is 1. The van der Waals surface area contributed by atoms with Gasteiger partial charge in [0.2, 0.25) is 0 Å². The van der Waals surface area contributed by atoms with Crippen LogP contribution in [0.3, 0.4) is 0 Å². The van der Waals surface area contributed by atoms with Gasteiger partial charge in [0.1, 0.15) is 11.8 Å². The molecule has 4 nitrogen and oxygen atoms in total. The molecule has 1 aromatic heterocycles. The number of carbonyl (C=O) groups excluding carboxylic acids is 1. The molecule has 0 fully saturated rings. The van der Waals surface area contributed by atoms with Crippen molar-refractivity contribution in [3.8, 4) is 6.07 Å². The van der Waals surface area contributed by atoms with Crippen LogP contribution >= 0.6 is 0 Å². The normalized spacial score (nSPS) is 9.89. The van der Waals surface area contributed by atoms with Crippen LogP contribution in [0.2, 0.25) is 0 Å². The lowest BCUT2D eigenvalue weighted by atomic mass is 10.0. The third-order valence-corrected chi connectivity index (χ3v) is 2.97. The van der Waals surface area contributed by atoms with Crippen molar-refractivity contribution in [1.82, 2.24) is 4.57 Å². The Hall–Kier alpha value is -2.54. The summed E-state index contributed by atoms with van der Waals surface area (Å²) in [5.41, 5.74) is 2.54. The summed E-state index contributed by atoms with van der Waals surface area (Å²) in [6, 6.07) is 13.4. The average Bonchev–Trinajstić information content (AvgIpc) is 2.88. The van der Waals surface area contributed by atoms with Gasteiger partial charge in [-0.05, 0) is 23.3 Å². The van der Waals surface area contributed by atoms with Crippen molar-refractivity contribution < 1.29 is 9.53 Å². The highest BCUT2D eigenvalue weighted by Crippen LogP contribution is 2.13. The summed E-state index contributed by atoms with van der Waals surface area (Å²) in [6.45, 7) is 0.572. The largest absolute Gasteiger partial charge is 0.469 e. The van der Waals surface area contributed by atoms with Crippen LogP contribution in [0, 0.1) is 11.3 Å². The first-order chi connectivity index (χ1) is 9.24. The molecule has 0 bridgehead atoms. The van der Waals surface area contributed by atoms with Crippen LogP contribution in [-0.4, -0.2) is 17.6 Å². The second kappa shape index (κ2) is 5.87. The molecule has 0 N–H and O–H groups in total. The van der Waals surface area contributed by atoms with Gasteiger partial charge in [0.15, 0.2) is 0 Å². The van der Waals surface area contributed by atoms with Gasteiger partial charge in [-0.15, -0.1) is 0 Å². The Morgan fingerprint density at radius 2 is 2.00 bits per heavy atom. The SMILES string of the molecule is COC(=O)Cc1ccccc1Cn1cccc1C#N. The molecular formula is C15H14N2O2. The molecule has 0 atom stereocenters. The van der Waals surface area contributed by atoms with E-state index >= 15 is 0 Å². The summed E-state index contributed by atoms with van der Waals surface area (Å²) in [5.74, 6) is -0.263. The lowest BCUT2D eigenvalue weighted by molar-refractivity contribution is -0.139. The van der Waals surface area contributed by atoms with Crippen LogP contribution in [0.25, 0.3) is 0 Å². The number of carbonyl (C=O) groups is 1. The molecule has 1 heterocycles. The molecular weight excluding hydrogens is 240 g/mol. The fourth-order valence-electron chi connectivity index (χ4n) is 1.95. The second-order valence-corrected chi connectivity index (χ2v) is 4.15. The minimum atomic E-state index is -0.263. The number of hydrogen-bond donors (Lipinski definition) is 0. The number of rotatable bonds is 4. The molecule has 0 saturated carbocycles. The number of benzene rings is 1. The second-order valence-electron chi connectivity index (χ2n) is 4.15. The summed E-state index contributed by atoms with van der Waals surface area (Å²) in [7, 11) is 1.38. The molecule has 0 spiro atoms. The van der Waals surface area contributed by atoms with Gasteiger partial charge in [0.25, 0.3) is 0 Å². The molecule has 0 amide bonds. The molecule has 4 heteroatoms. The molecule has 2 rings (SSSR count). The van der Waals surface area contributed by atoms with E-state index in [4.69, 9.17) is 10.00 Å². The number of nitrogens with zero attached hydrogens (tertiary/aromatic N) is 2. The Morgan fingerprint density at radius 1 is 1.26 bits per heavy atom. The van der Waals surface area contributed by atoms with E-state index in [9.17, 15) is 4.79 Å². The van der Waals surface area contributed by atoms with Gasteiger partial charge in [0.05, 0.1) is 13.5 Å². The zero-order valence-corrected chi connectivity index (χ0v) is 10.7. The van der Waals surface area contributed by atoms with Crippen molar-refractivity contribution >= 4 is 5.97 Å². The first kappa shape index (κ1) is 12.9. The van der Waals surface area contributed by atoms with Crippen LogP contribution in [0.4, 0.5) is 0 Å². The van der Waals surface area contributed by atoms with Crippen molar-refractivity contribution in [3.05, 3.63) is 59.4 Å². The molecule has 0 aliphatic carbocycles. The van der Waals surface area contributed by atoms with Crippen molar-refractivity contribution in [3.63, 3.8) is 0 Å². The van der Waals surface area contributed by atoms with E-state index in [1.165, 1.54) is 7.11 Å². The Balaban J connectivity index is 2.26. The van der Waals surface area contributed by atoms with E-state index in [2.05, 4.69) is 6.07 Å². The molecule has 0 aliphatic rings. The fourth-order valence-corrected chi connectivity index (χ4v) is 1.95. The molecule has 0 unspecified atom stereocenters. The molecule has 96 valence electrons. The molecule has 19 heavy (non-hydrogen) atoms. The maximum absolute atomic E-state index is 11.4. The molecule has 1 aromatic carbocycles. The quantitative estimate of drug-likeness (QED) is 0.785. The van der Waals surface area contributed by atoms with Crippen molar-refractivity contribution in [1.29, 1.82) is 5.26 Å². The molecule has 0 aliphatic heterocycles. The third kappa shape index (κ3) is 3.02. The lowest BCUT2D eigenvalue weighted by Gasteiger charge is -2.10. The van der Waals surface area contributed by atoms with Gasteiger partial charge in [-0.3, -0.25) is 4.79 Å². The average molecular weight is 254 g/mol. The predicted molar refractivity (Wildman–Crippen MR) is 70.4 cm³/mol. The first-order valence-electron chi connectivity index (χ1n) is 5.93. The lowest BCUT2D eigenvalue weighted by Crippen LogP contribution is -2.09. The van der Waals surface area contributed by atoms with E-state index in [0.717, 1.165) is 11.1 Å². The smallest absolute Gasteiger partial charge is 0.309 e. The third-order valence-electron chi connectivity index (χ3n) is 2.97. The Kier molecular flexibility index (Phi) is 3.99. The summed E-state index contributed by atoms with van der Waals surface area (Å²) in [5, 5.41) is 8.99. The number of aromatic nitrogens is 1. The molecule has 0 radical (unpaired) electrons. The minimum Gasteiger partial charge on any atom is -0.469 e. The van der Waals surface area contributed by atoms with Gasteiger partial charge >= 0.3 is 5.97 Å². The highest BCUT2D eigenvalue weighted by atomic mass is 16.5. The standard InChI is InChI=1S/C15H14N2O2/c1-19-15(18)9-12-5-2-3-6-13(12)11-17-8-4-7-14(17)10-16/h2-8H,9,11H2,1H3. The van der Waals surface area contributed by atoms with Crippen LogP contribution in [-0.2, 0) is 22.5 Å². The van der Waals surface area contributed by atoms with Gasteiger partial charge in [-0.2, -0.15) is 5.26 Å². The Bertz CT molecular complexity index is 623. The summed E-state index contributed by atoms with van der Waals surface area (Å²) < 4.78 is 6.55. The van der Waals surface area contributed by atoms with E-state index in [1.807, 2.05) is 41.1 Å². The Morgan fingerprint density at radius 3 is 2.68 bits per heavy atom. The summed E-state index contributed by atoms with van der Waals surface area (Å²) in [4.78, 5) is 11.4. The van der Waals surface area contributed by atoms with Crippen molar-refractivity contribution in [2.75, 3.05) is 7.11 Å². The maximum atomic E-state index is 11.4. The maximum Gasteiger partial charge on any atom is 0.309 e. The number of hydrogen-bond acceptors (Lipinski definition) is 3. The van der Waals surface area contributed by atoms with Gasteiger partial charge < -0.3 is 9.30 Å². The van der Waals surface area contributed by atoms with E-state index in [-0.39, 0.29) is 12.4 Å². The Labute approximate surface area is 111 Å².